The van der Waals surface area contributed by atoms with Crippen LogP contribution in [-0.4, -0.2) is 18.9 Å². The van der Waals surface area contributed by atoms with E-state index >= 15 is 0 Å². The summed E-state index contributed by atoms with van der Waals surface area (Å²) in [6, 6.07) is 21.9. The smallest absolute Gasteiger partial charge is 0.339 e. The van der Waals surface area contributed by atoms with Crippen LogP contribution >= 0.6 is 11.6 Å². The van der Waals surface area contributed by atoms with Crippen LogP contribution in [-0.2, 0) is 4.74 Å². The second kappa shape index (κ2) is 8.52. The Bertz CT molecular complexity index is 936. The van der Waals surface area contributed by atoms with Gasteiger partial charge in [0.1, 0.15) is 5.75 Å². The summed E-state index contributed by atoms with van der Waals surface area (Å²) < 4.78 is 10.7. The number of ketones is 1. The quantitative estimate of drug-likeness (QED) is 0.439. The zero-order valence-electron chi connectivity index (χ0n) is 14.6. The molecule has 0 unspecified atom stereocenters. The summed E-state index contributed by atoms with van der Waals surface area (Å²) in [5, 5.41) is 0.531. The van der Waals surface area contributed by atoms with Crippen molar-refractivity contribution in [2.75, 3.05) is 7.11 Å². The van der Waals surface area contributed by atoms with E-state index in [9.17, 15) is 9.59 Å². The van der Waals surface area contributed by atoms with Crippen molar-refractivity contribution in [2.45, 2.75) is 6.10 Å². The van der Waals surface area contributed by atoms with Crippen molar-refractivity contribution in [3.63, 3.8) is 0 Å². The Hall–Kier alpha value is -3.11. The molecular weight excluding hydrogens is 364 g/mol. The molecule has 0 aromatic heterocycles. The molecule has 3 aromatic rings. The Morgan fingerprint density at radius 3 is 2.19 bits per heavy atom. The number of esters is 1. The molecule has 0 fully saturated rings. The van der Waals surface area contributed by atoms with Gasteiger partial charge in [-0.25, -0.2) is 4.79 Å². The SMILES string of the molecule is COc1cccc(C(=O)O[C@@H](C(=O)c2ccccc2)c2ccc(Cl)cc2)c1. The molecule has 0 spiro atoms. The Morgan fingerprint density at radius 1 is 0.852 bits per heavy atom. The number of hydrogen-bond acceptors (Lipinski definition) is 4. The van der Waals surface area contributed by atoms with E-state index in [1.54, 1.807) is 72.8 Å². The third kappa shape index (κ3) is 4.54. The highest BCUT2D eigenvalue weighted by Gasteiger charge is 2.27. The summed E-state index contributed by atoms with van der Waals surface area (Å²) in [5.74, 6) is -0.394. The van der Waals surface area contributed by atoms with E-state index in [-0.39, 0.29) is 5.78 Å². The van der Waals surface area contributed by atoms with Crippen molar-refractivity contribution in [3.8, 4) is 5.75 Å². The number of hydrogen-bond donors (Lipinski definition) is 0. The molecular formula is C22H17ClO4. The minimum absolute atomic E-state index is 0.300. The third-order valence-electron chi connectivity index (χ3n) is 4.00. The average molecular weight is 381 g/mol. The number of benzene rings is 3. The minimum atomic E-state index is -1.08. The van der Waals surface area contributed by atoms with Crippen molar-refractivity contribution in [1.82, 2.24) is 0 Å². The number of rotatable bonds is 6. The second-order valence-corrected chi connectivity index (χ2v) is 6.24. The fourth-order valence-corrected chi connectivity index (χ4v) is 2.72. The highest BCUT2D eigenvalue weighted by Crippen LogP contribution is 2.26. The van der Waals surface area contributed by atoms with Gasteiger partial charge in [-0.1, -0.05) is 60.1 Å². The standard InChI is InChI=1S/C22H17ClO4/c1-26-19-9-5-8-17(14-19)22(25)27-21(16-10-12-18(23)13-11-16)20(24)15-6-3-2-4-7-15/h2-14,21H,1H3/t21-/m1/s1. The summed E-state index contributed by atoms with van der Waals surface area (Å²) in [4.78, 5) is 25.6. The first-order chi connectivity index (χ1) is 13.1. The number of carbonyl (C=O) groups is 2. The monoisotopic (exact) mass is 380 g/mol. The lowest BCUT2D eigenvalue weighted by molar-refractivity contribution is 0.0280. The molecule has 0 amide bonds. The molecule has 0 bridgehead atoms. The van der Waals surface area contributed by atoms with Gasteiger partial charge in [0, 0.05) is 16.1 Å². The number of carbonyl (C=O) groups excluding carboxylic acids is 2. The Morgan fingerprint density at radius 2 is 1.52 bits per heavy atom. The van der Waals surface area contributed by atoms with Gasteiger partial charge in [-0.05, 0) is 30.3 Å². The summed E-state index contributed by atoms with van der Waals surface area (Å²) in [6.07, 6.45) is -1.08. The van der Waals surface area contributed by atoms with E-state index in [0.717, 1.165) is 0 Å². The van der Waals surface area contributed by atoms with Gasteiger partial charge in [0.2, 0.25) is 5.78 Å². The molecule has 0 heterocycles. The van der Waals surface area contributed by atoms with Crippen LogP contribution in [0.3, 0.4) is 0 Å². The third-order valence-corrected chi connectivity index (χ3v) is 4.25. The zero-order chi connectivity index (χ0) is 19.2. The summed E-state index contributed by atoms with van der Waals surface area (Å²) in [5.41, 5.74) is 1.30. The Kier molecular flexibility index (Phi) is 5.89. The summed E-state index contributed by atoms with van der Waals surface area (Å²) in [6.45, 7) is 0. The maximum atomic E-state index is 13.0. The van der Waals surface area contributed by atoms with Gasteiger partial charge >= 0.3 is 5.97 Å². The van der Waals surface area contributed by atoms with Gasteiger partial charge in [0.25, 0.3) is 0 Å². The minimum Gasteiger partial charge on any atom is -0.497 e. The molecule has 0 radical (unpaired) electrons. The maximum Gasteiger partial charge on any atom is 0.339 e. The fraction of sp³-hybridized carbons (Fsp3) is 0.0909. The highest BCUT2D eigenvalue weighted by atomic mass is 35.5. The predicted molar refractivity (Wildman–Crippen MR) is 103 cm³/mol. The van der Waals surface area contributed by atoms with Crippen molar-refractivity contribution in [2.24, 2.45) is 0 Å². The first kappa shape index (κ1) is 18.7. The molecule has 5 heteroatoms. The first-order valence-electron chi connectivity index (χ1n) is 8.28. The summed E-state index contributed by atoms with van der Waals surface area (Å²) in [7, 11) is 1.51. The van der Waals surface area contributed by atoms with Gasteiger partial charge in [-0.2, -0.15) is 0 Å². The van der Waals surface area contributed by atoms with E-state index < -0.39 is 12.1 Å². The molecule has 0 saturated heterocycles. The maximum absolute atomic E-state index is 13.0. The molecule has 27 heavy (non-hydrogen) atoms. The van der Waals surface area contributed by atoms with Gasteiger partial charge in [0.05, 0.1) is 12.7 Å². The second-order valence-electron chi connectivity index (χ2n) is 5.80. The van der Waals surface area contributed by atoms with E-state index in [2.05, 4.69) is 0 Å². The van der Waals surface area contributed by atoms with Crippen molar-refractivity contribution >= 4 is 23.4 Å². The largest absolute Gasteiger partial charge is 0.497 e. The Balaban J connectivity index is 1.93. The Labute approximate surface area is 162 Å². The van der Waals surface area contributed by atoms with Crippen molar-refractivity contribution in [3.05, 3.63) is 101 Å². The van der Waals surface area contributed by atoms with E-state index in [1.807, 2.05) is 6.07 Å². The molecule has 0 saturated carbocycles. The average Bonchev–Trinajstić information content (AvgIpc) is 2.73. The number of halogens is 1. The van der Waals surface area contributed by atoms with Crippen molar-refractivity contribution in [1.29, 1.82) is 0 Å². The topological polar surface area (TPSA) is 52.6 Å². The van der Waals surface area contributed by atoms with E-state index in [1.165, 1.54) is 7.11 Å². The van der Waals surface area contributed by atoms with Crippen LogP contribution in [0.4, 0.5) is 0 Å². The molecule has 1 atom stereocenters. The summed E-state index contributed by atoms with van der Waals surface area (Å²) >= 11 is 5.94. The van der Waals surface area contributed by atoms with Gasteiger partial charge in [-0.15, -0.1) is 0 Å². The van der Waals surface area contributed by atoms with Gasteiger partial charge in [0.15, 0.2) is 6.10 Å². The predicted octanol–water partition coefficient (Wildman–Crippen LogP) is 5.13. The number of Topliss-reactive ketones (excluding diaryl/α,β-unsaturated/α-hetero) is 1. The van der Waals surface area contributed by atoms with Crippen LogP contribution in [0.2, 0.25) is 5.02 Å². The molecule has 0 aliphatic heterocycles. The lowest BCUT2D eigenvalue weighted by atomic mass is 9.99. The number of ether oxygens (including phenoxy) is 2. The highest BCUT2D eigenvalue weighted by molar-refractivity contribution is 6.30. The normalized spacial score (nSPS) is 11.5. The lowest BCUT2D eigenvalue weighted by Gasteiger charge is -2.18. The van der Waals surface area contributed by atoms with Crippen LogP contribution in [0.5, 0.6) is 5.75 Å². The van der Waals surface area contributed by atoms with Gasteiger partial charge < -0.3 is 9.47 Å². The molecule has 0 N–H and O–H groups in total. The van der Waals surface area contributed by atoms with Crippen molar-refractivity contribution < 1.29 is 19.1 Å². The zero-order valence-corrected chi connectivity index (χ0v) is 15.3. The van der Waals surface area contributed by atoms with Crippen LogP contribution in [0.1, 0.15) is 32.4 Å². The molecule has 3 rings (SSSR count). The van der Waals surface area contributed by atoms with Crippen LogP contribution in [0, 0.1) is 0 Å². The molecule has 4 nitrogen and oxygen atoms in total. The van der Waals surface area contributed by atoms with Crippen LogP contribution < -0.4 is 4.74 Å². The van der Waals surface area contributed by atoms with Crippen LogP contribution in [0.25, 0.3) is 0 Å². The van der Waals surface area contributed by atoms with Gasteiger partial charge in [-0.3, -0.25) is 4.79 Å². The van der Waals surface area contributed by atoms with E-state index in [4.69, 9.17) is 21.1 Å². The van der Waals surface area contributed by atoms with Crippen LogP contribution in [0.15, 0.2) is 78.9 Å². The fourth-order valence-electron chi connectivity index (χ4n) is 2.59. The lowest BCUT2D eigenvalue weighted by Crippen LogP contribution is -2.20. The first-order valence-corrected chi connectivity index (χ1v) is 8.66. The van der Waals surface area contributed by atoms with E-state index in [0.29, 0.717) is 27.5 Å². The molecule has 3 aromatic carbocycles. The molecule has 136 valence electrons. The molecule has 0 aliphatic rings. The molecule has 0 aliphatic carbocycles. The number of methoxy groups -OCH3 is 1.